The third-order valence-electron chi connectivity index (χ3n) is 3.09. The van der Waals surface area contributed by atoms with Crippen molar-refractivity contribution in [3.8, 4) is 11.5 Å². The van der Waals surface area contributed by atoms with Gasteiger partial charge in [0.25, 0.3) is 0 Å². The highest BCUT2D eigenvalue weighted by molar-refractivity contribution is 9.10. The minimum absolute atomic E-state index is 0.106. The van der Waals surface area contributed by atoms with Crippen LogP contribution in [0, 0.1) is 5.82 Å². The summed E-state index contributed by atoms with van der Waals surface area (Å²) in [7, 11) is 0. The van der Waals surface area contributed by atoms with Crippen molar-refractivity contribution in [2.75, 3.05) is 13.2 Å². The van der Waals surface area contributed by atoms with Crippen LogP contribution in [-0.2, 0) is 0 Å². The Bertz CT molecular complexity index is 733. The predicted octanol–water partition coefficient (Wildman–Crippen LogP) is 4.24. The number of para-hydroxylation sites is 1. The molecule has 0 radical (unpaired) electrons. The average Bonchev–Trinajstić information content (AvgIpc) is 2.51. The lowest BCUT2D eigenvalue weighted by atomic mass is 10.0. The van der Waals surface area contributed by atoms with Crippen LogP contribution in [0.1, 0.15) is 15.9 Å². The van der Waals surface area contributed by atoms with Crippen LogP contribution in [0.15, 0.2) is 34.8 Å². The van der Waals surface area contributed by atoms with E-state index in [9.17, 15) is 9.18 Å². The second-order valence-corrected chi connectivity index (χ2v) is 5.61. The second-order valence-electron chi connectivity index (χ2n) is 4.38. The molecule has 6 heteroatoms. The molecule has 0 saturated carbocycles. The van der Waals surface area contributed by atoms with Gasteiger partial charge in [-0.25, -0.2) is 4.39 Å². The summed E-state index contributed by atoms with van der Waals surface area (Å²) in [5.74, 6) is -0.433. The van der Waals surface area contributed by atoms with Gasteiger partial charge in [-0.3, -0.25) is 4.79 Å². The Balaban J connectivity index is 2.10. The predicted molar refractivity (Wildman–Crippen MR) is 80.0 cm³/mol. The summed E-state index contributed by atoms with van der Waals surface area (Å²) >= 11 is 8.95. The fourth-order valence-electron chi connectivity index (χ4n) is 2.10. The maximum atomic E-state index is 14.2. The van der Waals surface area contributed by atoms with Gasteiger partial charge in [0, 0.05) is 4.47 Å². The molecule has 0 bridgehead atoms. The average molecular weight is 372 g/mol. The van der Waals surface area contributed by atoms with E-state index in [1.54, 1.807) is 18.2 Å². The first-order valence-corrected chi connectivity index (χ1v) is 7.33. The number of rotatable bonds is 2. The molecule has 1 aliphatic rings. The van der Waals surface area contributed by atoms with E-state index in [-0.39, 0.29) is 16.1 Å². The monoisotopic (exact) mass is 370 g/mol. The summed E-state index contributed by atoms with van der Waals surface area (Å²) in [6, 6.07) is 7.86. The van der Waals surface area contributed by atoms with Crippen LogP contribution in [0.2, 0.25) is 5.02 Å². The summed E-state index contributed by atoms with van der Waals surface area (Å²) in [6.07, 6.45) is 0. The SMILES string of the molecule is O=C(c1ccc(Br)c(Cl)c1F)c1cccc2c1OCCO2. The van der Waals surface area contributed by atoms with E-state index >= 15 is 0 Å². The molecule has 0 atom stereocenters. The van der Waals surface area contributed by atoms with Gasteiger partial charge in [0.05, 0.1) is 16.1 Å². The third-order valence-corrected chi connectivity index (χ3v) is 4.35. The molecular weight excluding hydrogens is 363 g/mol. The molecule has 0 aliphatic carbocycles. The van der Waals surface area contributed by atoms with E-state index in [4.69, 9.17) is 21.1 Å². The lowest BCUT2D eigenvalue weighted by molar-refractivity contribution is 0.102. The molecule has 0 fully saturated rings. The molecule has 0 saturated heterocycles. The molecular formula is C15H9BrClFO3. The van der Waals surface area contributed by atoms with Gasteiger partial charge in [-0.2, -0.15) is 0 Å². The summed E-state index contributed by atoms with van der Waals surface area (Å²) in [4.78, 5) is 12.6. The number of ether oxygens (including phenoxy) is 2. The minimum atomic E-state index is -0.759. The van der Waals surface area contributed by atoms with Gasteiger partial charge in [-0.05, 0) is 40.2 Å². The van der Waals surface area contributed by atoms with E-state index in [1.165, 1.54) is 12.1 Å². The maximum Gasteiger partial charge on any atom is 0.199 e. The molecule has 0 aromatic heterocycles. The maximum absolute atomic E-state index is 14.2. The van der Waals surface area contributed by atoms with Crippen LogP contribution in [-0.4, -0.2) is 19.0 Å². The lowest BCUT2D eigenvalue weighted by Crippen LogP contribution is -2.18. The molecule has 3 rings (SSSR count). The first kappa shape index (κ1) is 14.4. The number of halogens is 3. The first-order valence-electron chi connectivity index (χ1n) is 6.16. The summed E-state index contributed by atoms with van der Waals surface area (Å²) in [6.45, 7) is 0.768. The van der Waals surface area contributed by atoms with E-state index < -0.39 is 11.6 Å². The molecule has 1 aliphatic heterocycles. The van der Waals surface area contributed by atoms with E-state index in [0.717, 1.165) is 0 Å². The molecule has 2 aromatic carbocycles. The zero-order valence-corrected chi connectivity index (χ0v) is 13.0. The molecule has 2 aromatic rings. The van der Waals surface area contributed by atoms with Crippen molar-refractivity contribution < 1.29 is 18.7 Å². The van der Waals surface area contributed by atoms with Crippen LogP contribution >= 0.6 is 27.5 Å². The van der Waals surface area contributed by atoms with Crippen molar-refractivity contribution in [1.82, 2.24) is 0 Å². The number of carbonyl (C=O) groups is 1. The Hall–Kier alpha value is -1.59. The zero-order chi connectivity index (χ0) is 15.0. The summed E-state index contributed by atoms with van der Waals surface area (Å²) in [5.41, 5.74) is 0.148. The van der Waals surface area contributed by atoms with Crippen molar-refractivity contribution in [3.05, 3.63) is 56.8 Å². The molecule has 3 nitrogen and oxygen atoms in total. The van der Waals surface area contributed by atoms with Crippen molar-refractivity contribution in [2.24, 2.45) is 0 Å². The van der Waals surface area contributed by atoms with Crippen LogP contribution < -0.4 is 9.47 Å². The van der Waals surface area contributed by atoms with Crippen molar-refractivity contribution in [1.29, 1.82) is 0 Å². The highest BCUT2D eigenvalue weighted by Crippen LogP contribution is 2.36. The number of benzene rings is 2. The molecule has 0 amide bonds. The van der Waals surface area contributed by atoms with Gasteiger partial charge in [-0.1, -0.05) is 17.7 Å². The highest BCUT2D eigenvalue weighted by atomic mass is 79.9. The molecule has 21 heavy (non-hydrogen) atoms. The van der Waals surface area contributed by atoms with Crippen molar-refractivity contribution in [2.45, 2.75) is 0 Å². The van der Waals surface area contributed by atoms with Gasteiger partial charge >= 0.3 is 0 Å². The van der Waals surface area contributed by atoms with Crippen LogP contribution in [0.5, 0.6) is 11.5 Å². The Morgan fingerprint density at radius 3 is 2.71 bits per heavy atom. The van der Waals surface area contributed by atoms with Crippen LogP contribution in [0.25, 0.3) is 0 Å². The van der Waals surface area contributed by atoms with Gasteiger partial charge in [0.15, 0.2) is 23.1 Å². The minimum Gasteiger partial charge on any atom is -0.486 e. The highest BCUT2D eigenvalue weighted by Gasteiger charge is 2.24. The fourth-order valence-corrected chi connectivity index (χ4v) is 2.57. The number of ketones is 1. The van der Waals surface area contributed by atoms with E-state index in [0.29, 0.717) is 29.2 Å². The Morgan fingerprint density at radius 1 is 1.14 bits per heavy atom. The van der Waals surface area contributed by atoms with E-state index in [2.05, 4.69) is 15.9 Å². The fraction of sp³-hybridized carbons (Fsp3) is 0.133. The Labute approximate surface area is 133 Å². The molecule has 0 spiro atoms. The second kappa shape index (κ2) is 5.66. The van der Waals surface area contributed by atoms with Gasteiger partial charge < -0.3 is 9.47 Å². The summed E-state index contributed by atoms with van der Waals surface area (Å²) in [5, 5.41) is -0.122. The van der Waals surface area contributed by atoms with E-state index in [1.807, 2.05) is 0 Å². The van der Waals surface area contributed by atoms with Gasteiger partial charge in [-0.15, -0.1) is 0 Å². The zero-order valence-electron chi connectivity index (χ0n) is 10.7. The molecule has 0 N–H and O–H groups in total. The number of fused-ring (bicyclic) bond motifs is 1. The van der Waals surface area contributed by atoms with Crippen molar-refractivity contribution in [3.63, 3.8) is 0 Å². The largest absolute Gasteiger partial charge is 0.486 e. The standard InChI is InChI=1S/C15H9BrClFO3/c16-10-5-4-8(13(18)12(10)17)14(19)9-2-1-3-11-15(9)21-7-6-20-11/h1-5H,6-7H2. The van der Waals surface area contributed by atoms with Crippen molar-refractivity contribution >= 4 is 33.3 Å². The number of hydrogen-bond acceptors (Lipinski definition) is 3. The number of hydrogen-bond donors (Lipinski definition) is 0. The third kappa shape index (κ3) is 2.51. The smallest absolute Gasteiger partial charge is 0.199 e. The Morgan fingerprint density at radius 2 is 1.90 bits per heavy atom. The normalized spacial score (nSPS) is 13.1. The number of carbonyl (C=O) groups excluding carboxylic acids is 1. The Kier molecular flexibility index (Phi) is 3.87. The van der Waals surface area contributed by atoms with Gasteiger partial charge in [0.2, 0.25) is 0 Å². The first-order chi connectivity index (χ1) is 10.1. The molecule has 1 heterocycles. The van der Waals surface area contributed by atoms with Crippen LogP contribution in [0.4, 0.5) is 4.39 Å². The summed E-state index contributed by atoms with van der Waals surface area (Å²) < 4.78 is 25.5. The topological polar surface area (TPSA) is 35.5 Å². The molecule has 0 unspecified atom stereocenters. The molecule has 108 valence electrons. The van der Waals surface area contributed by atoms with Gasteiger partial charge in [0.1, 0.15) is 13.2 Å². The van der Waals surface area contributed by atoms with Crippen LogP contribution in [0.3, 0.4) is 0 Å². The lowest BCUT2D eigenvalue weighted by Gasteiger charge is -2.20. The quantitative estimate of drug-likeness (QED) is 0.585.